The van der Waals surface area contributed by atoms with Crippen LogP contribution in [0.2, 0.25) is 0 Å². The molecular formula is C12H25NO. The van der Waals surface area contributed by atoms with Gasteiger partial charge < -0.3 is 10.1 Å². The van der Waals surface area contributed by atoms with E-state index in [2.05, 4.69) is 25.7 Å². The Kier molecular flexibility index (Phi) is 9.00. The molecule has 0 radical (unpaired) electrons. The number of hydrogen-bond acceptors (Lipinski definition) is 2. The average Bonchev–Trinajstić information content (AvgIpc) is 2.16. The Hall–Kier alpha value is -0.340. The van der Waals surface area contributed by atoms with Crippen LogP contribution in [0.3, 0.4) is 0 Å². The summed E-state index contributed by atoms with van der Waals surface area (Å²) in [4.78, 5) is 0. The van der Waals surface area contributed by atoms with Gasteiger partial charge in [0.15, 0.2) is 0 Å². The molecule has 1 N–H and O–H groups in total. The van der Waals surface area contributed by atoms with Crippen molar-refractivity contribution >= 4 is 0 Å². The van der Waals surface area contributed by atoms with Crippen molar-refractivity contribution in [3.63, 3.8) is 0 Å². The van der Waals surface area contributed by atoms with Gasteiger partial charge in [-0.1, -0.05) is 12.5 Å². The Balaban J connectivity index is 3.65. The third kappa shape index (κ3) is 8.27. The fourth-order valence-corrected chi connectivity index (χ4v) is 1.27. The molecule has 0 fully saturated rings. The molecule has 1 atom stereocenters. The average molecular weight is 199 g/mol. The van der Waals surface area contributed by atoms with Crippen molar-refractivity contribution in [2.45, 2.75) is 46.1 Å². The van der Waals surface area contributed by atoms with E-state index in [9.17, 15) is 0 Å². The zero-order valence-corrected chi connectivity index (χ0v) is 9.94. The summed E-state index contributed by atoms with van der Waals surface area (Å²) < 4.78 is 5.43. The van der Waals surface area contributed by atoms with Crippen LogP contribution >= 0.6 is 0 Å². The van der Waals surface area contributed by atoms with E-state index in [1.165, 1.54) is 12.0 Å². The molecule has 0 aliphatic rings. The van der Waals surface area contributed by atoms with Crippen LogP contribution in [-0.4, -0.2) is 25.8 Å². The molecule has 0 saturated carbocycles. The van der Waals surface area contributed by atoms with E-state index in [4.69, 9.17) is 4.74 Å². The standard InChI is InChI=1S/C12H25NO/c1-5-9-13-12(10-14-6-2)8-7-11(3)4/h12-13H,3,5-10H2,1-2,4H3. The molecule has 84 valence electrons. The molecule has 2 heteroatoms. The molecule has 0 amide bonds. The third-order valence-electron chi connectivity index (χ3n) is 2.13. The lowest BCUT2D eigenvalue weighted by Gasteiger charge is -2.18. The maximum absolute atomic E-state index is 5.43. The minimum atomic E-state index is 0.492. The highest BCUT2D eigenvalue weighted by Crippen LogP contribution is 2.05. The van der Waals surface area contributed by atoms with Crippen molar-refractivity contribution < 1.29 is 4.74 Å². The van der Waals surface area contributed by atoms with Gasteiger partial charge in [-0.3, -0.25) is 0 Å². The molecule has 0 aromatic carbocycles. The lowest BCUT2D eigenvalue weighted by Crippen LogP contribution is -2.34. The van der Waals surface area contributed by atoms with E-state index in [0.29, 0.717) is 6.04 Å². The molecule has 0 aromatic heterocycles. The Bertz CT molecular complexity index is 137. The minimum Gasteiger partial charge on any atom is -0.380 e. The van der Waals surface area contributed by atoms with Gasteiger partial charge in [-0.25, -0.2) is 0 Å². The summed E-state index contributed by atoms with van der Waals surface area (Å²) in [6.45, 7) is 12.9. The molecule has 0 spiro atoms. The van der Waals surface area contributed by atoms with E-state index in [1.54, 1.807) is 0 Å². The fraction of sp³-hybridized carbons (Fsp3) is 0.833. The van der Waals surface area contributed by atoms with Crippen LogP contribution in [0.5, 0.6) is 0 Å². The zero-order valence-electron chi connectivity index (χ0n) is 9.94. The van der Waals surface area contributed by atoms with Gasteiger partial charge in [0, 0.05) is 12.6 Å². The Morgan fingerprint density at radius 3 is 2.64 bits per heavy atom. The first-order valence-corrected chi connectivity index (χ1v) is 5.66. The molecule has 0 aromatic rings. The van der Waals surface area contributed by atoms with Gasteiger partial charge in [-0.05, 0) is 39.7 Å². The SMILES string of the molecule is C=C(C)CCC(COCC)NCCC. The van der Waals surface area contributed by atoms with Crippen LogP contribution in [-0.2, 0) is 4.74 Å². The van der Waals surface area contributed by atoms with Gasteiger partial charge in [0.1, 0.15) is 0 Å². The van der Waals surface area contributed by atoms with Gasteiger partial charge in [0.2, 0.25) is 0 Å². The summed E-state index contributed by atoms with van der Waals surface area (Å²) in [5.41, 5.74) is 1.25. The second-order valence-corrected chi connectivity index (χ2v) is 3.81. The topological polar surface area (TPSA) is 21.3 Å². The summed E-state index contributed by atoms with van der Waals surface area (Å²) in [5.74, 6) is 0. The van der Waals surface area contributed by atoms with E-state index < -0.39 is 0 Å². The highest BCUT2D eigenvalue weighted by molar-refractivity contribution is 4.89. The summed E-state index contributed by atoms with van der Waals surface area (Å²) in [5, 5.41) is 3.49. The van der Waals surface area contributed by atoms with Crippen LogP contribution < -0.4 is 5.32 Å². The molecule has 0 saturated heterocycles. The first kappa shape index (κ1) is 13.7. The molecule has 14 heavy (non-hydrogen) atoms. The summed E-state index contributed by atoms with van der Waals surface area (Å²) >= 11 is 0. The summed E-state index contributed by atoms with van der Waals surface area (Å²) in [6, 6.07) is 0.492. The summed E-state index contributed by atoms with van der Waals surface area (Å²) in [7, 11) is 0. The van der Waals surface area contributed by atoms with Crippen molar-refractivity contribution in [3.05, 3.63) is 12.2 Å². The second-order valence-electron chi connectivity index (χ2n) is 3.81. The highest BCUT2D eigenvalue weighted by atomic mass is 16.5. The van der Waals surface area contributed by atoms with Crippen LogP contribution in [0.25, 0.3) is 0 Å². The summed E-state index contributed by atoms with van der Waals surface area (Å²) in [6.07, 6.45) is 3.40. The van der Waals surface area contributed by atoms with Crippen molar-refractivity contribution in [2.24, 2.45) is 0 Å². The van der Waals surface area contributed by atoms with Crippen LogP contribution in [0, 0.1) is 0 Å². The first-order valence-electron chi connectivity index (χ1n) is 5.66. The monoisotopic (exact) mass is 199 g/mol. The largest absolute Gasteiger partial charge is 0.380 e. The highest BCUT2D eigenvalue weighted by Gasteiger charge is 2.06. The van der Waals surface area contributed by atoms with Crippen molar-refractivity contribution in [1.82, 2.24) is 5.32 Å². The molecule has 0 aliphatic heterocycles. The van der Waals surface area contributed by atoms with E-state index >= 15 is 0 Å². The van der Waals surface area contributed by atoms with E-state index in [0.717, 1.165) is 32.6 Å². The lowest BCUT2D eigenvalue weighted by molar-refractivity contribution is 0.120. The van der Waals surface area contributed by atoms with E-state index in [1.807, 2.05) is 6.92 Å². The third-order valence-corrected chi connectivity index (χ3v) is 2.13. The van der Waals surface area contributed by atoms with Crippen molar-refractivity contribution in [1.29, 1.82) is 0 Å². The Labute approximate surface area is 88.7 Å². The van der Waals surface area contributed by atoms with Gasteiger partial charge in [0.25, 0.3) is 0 Å². The van der Waals surface area contributed by atoms with Gasteiger partial charge in [-0.2, -0.15) is 0 Å². The maximum Gasteiger partial charge on any atom is 0.0619 e. The molecular weight excluding hydrogens is 174 g/mol. The van der Waals surface area contributed by atoms with Crippen LogP contribution in [0.15, 0.2) is 12.2 Å². The molecule has 2 nitrogen and oxygen atoms in total. The van der Waals surface area contributed by atoms with Gasteiger partial charge >= 0.3 is 0 Å². The fourth-order valence-electron chi connectivity index (χ4n) is 1.27. The molecule has 0 heterocycles. The Morgan fingerprint density at radius 1 is 1.43 bits per heavy atom. The first-order chi connectivity index (χ1) is 6.70. The molecule has 1 unspecified atom stereocenters. The number of nitrogens with one attached hydrogen (secondary N) is 1. The molecule has 0 rings (SSSR count). The number of hydrogen-bond donors (Lipinski definition) is 1. The van der Waals surface area contributed by atoms with E-state index in [-0.39, 0.29) is 0 Å². The van der Waals surface area contributed by atoms with Crippen molar-refractivity contribution in [2.75, 3.05) is 19.8 Å². The van der Waals surface area contributed by atoms with Crippen molar-refractivity contribution in [3.8, 4) is 0 Å². The van der Waals surface area contributed by atoms with Gasteiger partial charge in [-0.15, -0.1) is 6.58 Å². The second kappa shape index (κ2) is 9.22. The molecule has 0 aliphatic carbocycles. The number of allylic oxidation sites excluding steroid dienone is 1. The number of ether oxygens (including phenoxy) is 1. The Morgan fingerprint density at radius 2 is 2.14 bits per heavy atom. The predicted molar refractivity (Wildman–Crippen MR) is 62.6 cm³/mol. The number of rotatable bonds is 9. The van der Waals surface area contributed by atoms with Crippen LogP contribution in [0.1, 0.15) is 40.0 Å². The van der Waals surface area contributed by atoms with Crippen LogP contribution in [0.4, 0.5) is 0 Å². The predicted octanol–water partition coefficient (Wildman–Crippen LogP) is 2.75. The smallest absolute Gasteiger partial charge is 0.0619 e. The quantitative estimate of drug-likeness (QED) is 0.577. The maximum atomic E-state index is 5.43. The molecule has 0 bridgehead atoms. The van der Waals surface area contributed by atoms with Gasteiger partial charge in [0.05, 0.1) is 6.61 Å². The normalized spacial score (nSPS) is 12.8. The zero-order chi connectivity index (χ0) is 10.8. The lowest BCUT2D eigenvalue weighted by atomic mass is 10.1. The minimum absolute atomic E-state index is 0.492.